The first-order chi connectivity index (χ1) is 7.64. The first kappa shape index (κ1) is 16.6. The van der Waals surface area contributed by atoms with Crippen LogP contribution in [-0.2, 0) is 4.79 Å². The van der Waals surface area contributed by atoms with E-state index in [1.807, 2.05) is 0 Å². The summed E-state index contributed by atoms with van der Waals surface area (Å²) in [5.74, 6) is 0.0339. The number of hydrogen-bond donors (Lipinski definition) is 0. The molecule has 0 aliphatic heterocycles. The van der Waals surface area contributed by atoms with Crippen molar-refractivity contribution in [3.8, 4) is 0 Å². The largest absolute Gasteiger partial charge is 0.422 e. The summed E-state index contributed by atoms with van der Waals surface area (Å²) < 4.78 is 73.2. The van der Waals surface area contributed by atoms with E-state index in [0.29, 0.717) is 0 Å². The Morgan fingerprint density at radius 2 is 1.76 bits per heavy atom. The van der Waals surface area contributed by atoms with Crippen molar-refractivity contribution in [2.75, 3.05) is 5.75 Å². The molecule has 0 saturated carbocycles. The maximum Gasteiger partial charge on any atom is 0.422 e. The normalized spacial score (nSPS) is 17.6. The molecule has 0 saturated heterocycles. The van der Waals surface area contributed by atoms with Crippen LogP contribution in [0.4, 0.5) is 26.3 Å². The molecule has 1 nitrogen and oxygen atoms in total. The van der Waals surface area contributed by atoms with E-state index in [1.165, 1.54) is 6.92 Å². The van der Waals surface area contributed by atoms with Gasteiger partial charge >= 0.3 is 6.18 Å². The van der Waals surface area contributed by atoms with Gasteiger partial charge in [0.2, 0.25) is 6.17 Å². The van der Waals surface area contributed by atoms with Crippen molar-refractivity contribution in [2.45, 2.75) is 44.5 Å². The number of carbonyl (C=O) groups is 1. The molecule has 0 radical (unpaired) electrons. The molecule has 0 aliphatic rings. The van der Waals surface area contributed by atoms with E-state index >= 15 is 0 Å². The SMILES string of the molecule is CC(=O)SCCC(F)CC(F)C(F)C(F)(F)F. The number of thioether (sulfide) groups is 1. The van der Waals surface area contributed by atoms with Crippen LogP contribution in [-0.4, -0.2) is 35.6 Å². The number of carbonyl (C=O) groups excluding carboxylic acids is 1. The molecule has 0 aliphatic carbocycles. The summed E-state index contributed by atoms with van der Waals surface area (Å²) >= 11 is 0.783. The molecular formula is C9H12F6OS. The molecular weight excluding hydrogens is 270 g/mol. The predicted molar refractivity (Wildman–Crippen MR) is 53.1 cm³/mol. The Hall–Kier alpha value is -0.400. The predicted octanol–water partition coefficient (Wildman–Crippen LogP) is 3.62. The highest BCUT2D eigenvalue weighted by Gasteiger charge is 2.46. The van der Waals surface area contributed by atoms with Gasteiger partial charge in [-0.05, 0) is 6.42 Å². The van der Waals surface area contributed by atoms with Crippen LogP contribution in [0, 0.1) is 0 Å². The van der Waals surface area contributed by atoms with Gasteiger partial charge in [-0.3, -0.25) is 4.79 Å². The lowest BCUT2D eigenvalue weighted by molar-refractivity contribution is -0.197. The molecule has 0 aromatic heterocycles. The average molecular weight is 282 g/mol. The van der Waals surface area contributed by atoms with Crippen molar-refractivity contribution < 1.29 is 31.1 Å². The van der Waals surface area contributed by atoms with Gasteiger partial charge in [0, 0.05) is 19.1 Å². The van der Waals surface area contributed by atoms with Crippen LogP contribution < -0.4 is 0 Å². The molecule has 0 aromatic carbocycles. The molecule has 0 spiro atoms. The second-order valence-corrected chi connectivity index (χ2v) is 4.69. The van der Waals surface area contributed by atoms with E-state index in [9.17, 15) is 31.1 Å². The van der Waals surface area contributed by atoms with Crippen LogP contribution in [0.5, 0.6) is 0 Å². The Morgan fingerprint density at radius 3 is 2.18 bits per heavy atom. The molecule has 0 aromatic rings. The molecule has 8 heteroatoms. The molecule has 0 amide bonds. The maximum atomic E-state index is 13.0. The minimum absolute atomic E-state index is 0.0339. The third kappa shape index (κ3) is 7.51. The summed E-state index contributed by atoms with van der Waals surface area (Å²) in [5, 5.41) is -0.271. The van der Waals surface area contributed by atoms with Gasteiger partial charge in [0.05, 0.1) is 0 Å². The molecule has 3 unspecified atom stereocenters. The van der Waals surface area contributed by atoms with Gasteiger partial charge < -0.3 is 0 Å². The summed E-state index contributed by atoms with van der Waals surface area (Å²) in [4.78, 5) is 10.4. The first-order valence-electron chi connectivity index (χ1n) is 4.77. The van der Waals surface area contributed by atoms with Crippen molar-refractivity contribution in [3.63, 3.8) is 0 Å². The molecule has 0 N–H and O–H groups in total. The van der Waals surface area contributed by atoms with Crippen LogP contribution in [0.2, 0.25) is 0 Å². The van der Waals surface area contributed by atoms with Crippen LogP contribution in [0.1, 0.15) is 19.8 Å². The number of hydrogen-bond acceptors (Lipinski definition) is 2. The minimum atomic E-state index is -5.31. The van der Waals surface area contributed by atoms with Gasteiger partial charge in [-0.15, -0.1) is 0 Å². The van der Waals surface area contributed by atoms with Crippen LogP contribution in [0.3, 0.4) is 0 Å². The van der Waals surface area contributed by atoms with Gasteiger partial charge in [-0.1, -0.05) is 11.8 Å². The molecule has 102 valence electrons. The number of halogens is 6. The highest BCUT2D eigenvalue weighted by atomic mass is 32.2. The van der Waals surface area contributed by atoms with Gasteiger partial charge in [0.15, 0.2) is 5.12 Å². The molecule has 0 rings (SSSR count). The average Bonchev–Trinajstić information content (AvgIpc) is 2.14. The summed E-state index contributed by atoms with van der Waals surface area (Å²) in [6.07, 6.45) is -15.2. The van der Waals surface area contributed by atoms with Gasteiger partial charge in [0.25, 0.3) is 0 Å². The highest BCUT2D eigenvalue weighted by molar-refractivity contribution is 8.13. The maximum absolute atomic E-state index is 13.0. The fourth-order valence-corrected chi connectivity index (χ4v) is 1.68. The number of rotatable bonds is 6. The second kappa shape index (κ2) is 7.13. The van der Waals surface area contributed by atoms with Crippen molar-refractivity contribution in [3.05, 3.63) is 0 Å². The Labute approximate surface area is 98.9 Å². The summed E-state index contributed by atoms with van der Waals surface area (Å²) in [6.45, 7) is 1.25. The Bertz CT molecular complexity index is 244. The summed E-state index contributed by atoms with van der Waals surface area (Å²) in [5.41, 5.74) is 0. The Morgan fingerprint density at radius 1 is 1.24 bits per heavy atom. The van der Waals surface area contributed by atoms with E-state index in [2.05, 4.69) is 0 Å². The van der Waals surface area contributed by atoms with Crippen molar-refractivity contribution in [1.82, 2.24) is 0 Å². The molecule has 0 bridgehead atoms. The zero-order valence-electron chi connectivity index (χ0n) is 8.94. The molecule has 0 fully saturated rings. The lowest BCUT2D eigenvalue weighted by Crippen LogP contribution is -2.35. The van der Waals surface area contributed by atoms with E-state index in [0.717, 1.165) is 11.8 Å². The van der Waals surface area contributed by atoms with Crippen LogP contribution in [0.25, 0.3) is 0 Å². The lowest BCUT2D eigenvalue weighted by Gasteiger charge is -2.17. The Kier molecular flexibility index (Phi) is 6.96. The monoisotopic (exact) mass is 282 g/mol. The third-order valence-corrected chi connectivity index (χ3v) is 2.69. The zero-order valence-corrected chi connectivity index (χ0v) is 9.75. The fourth-order valence-electron chi connectivity index (χ4n) is 1.02. The first-order valence-corrected chi connectivity index (χ1v) is 5.75. The zero-order chi connectivity index (χ0) is 13.6. The van der Waals surface area contributed by atoms with E-state index in [1.54, 1.807) is 0 Å². The topological polar surface area (TPSA) is 17.1 Å². The van der Waals surface area contributed by atoms with E-state index in [4.69, 9.17) is 0 Å². The van der Waals surface area contributed by atoms with Gasteiger partial charge in [-0.2, -0.15) is 13.2 Å². The fraction of sp³-hybridized carbons (Fsp3) is 0.889. The standard InChI is InChI=1S/C9H12F6OS/c1-5(16)17-3-2-6(10)4-7(11)8(12)9(13,14)15/h6-8H,2-4H2,1H3. The second-order valence-electron chi connectivity index (χ2n) is 3.42. The summed E-state index contributed by atoms with van der Waals surface area (Å²) in [7, 11) is 0. The quantitative estimate of drug-likeness (QED) is 0.692. The summed E-state index contributed by atoms with van der Waals surface area (Å²) in [6, 6.07) is 0. The van der Waals surface area contributed by atoms with E-state index < -0.39 is 31.1 Å². The number of alkyl halides is 6. The van der Waals surface area contributed by atoms with Gasteiger partial charge in [-0.25, -0.2) is 13.2 Å². The lowest BCUT2D eigenvalue weighted by atomic mass is 10.1. The van der Waals surface area contributed by atoms with Crippen molar-refractivity contribution >= 4 is 16.9 Å². The molecule has 0 heterocycles. The van der Waals surface area contributed by atoms with Crippen molar-refractivity contribution in [1.29, 1.82) is 0 Å². The molecule has 3 atom stereocenters. The van der Waals surface area contributed by atoms with Crippen LogP contribution in [0.15, 0.2) is 0 Å². The molecule has 17 heavy (non-hydrogen) atoms. The van der Waals surface area contributed by atoms with Crippen LogP contribution >= 0.6 is 11.8 Å². The smallest absolute Gasteiger partial charge is 0.288 e. The van der Waals surface area contributed by atoms with E-state index in [-0.39, 0.29) is 17.3 Å². The highest BCUT2D eigenvalue weighted by Crippen LogP contribution is 2.29. The van der Waals surface area contributed by atoms with Crippen molar-refractivity contribution in [2.24, 2.45) is 0 Å². The Balaban J connectivity index is 3.95. The third-order valence-electron chi connectivity index (χ3n) is 1.85. The van der Waals surface area contributed by atoms with Gasteiger partial charge in [0.1, 0.15) is 12.3 Å². The minimum Gasteiger partial charge on any atom is -0.288 e.